The zero-order valence-electron chi connectivity index (χ0n) is 16.4. The van der Waals surface area contributed by atoms with Crippen LogP contribution in [0.25, 0.3) is 10.9 Å². The van der Waals surface area contributed by atoms with Crippen molar-refractivity contribution in [2.24, 2.45) is 7.05 Å². The van der Waals surface area contributed by atoms with Crippen molar-refractivity contribution in [2.75, 3.05) is 0 Å². The zero-order valence-corrected chi connectivity index (χ0v) is 16.4. The van der Waals surface area contributed by atoms with Gasteiger partial charge in [-0.15, -0.1) is 0 Å². The Balaban J connectivity index is 1.39. The molecule has 5 rings (SSSR count). The zero-order chi connectivity index (χ0) is 20.8. The number of hydrogen-bond acceptors (Lipinski definition) is 5. The van der Waals surface area contributed by atoms with Gasteiger partial charge in [0.15, 0.2) is 0 Å². The minimum absolute atomic E-state index is 0.215. The van der Waals surface area contributed by atoms with Crippen LogP contribution in [0.4, 0.5) is 0 Å². The van der Waals surface area contributed by atoms with Crippen molar-refractivity contribution in [2.45, 2.75) is 32.0 Å². The summed E-state index contributed by atoms with van der Waals surface area (Å²) in [5, 5.41) is 7.89. The second-order valence-electron chi connectivity index (χ2n) is 7.56. The average Bonchev–Trinajstić information content (AvgIpc) is 3.24. The molecule has 2 aliphatic rings. The molecule has 1 atom stereocenters. The highest BCUT2D eigenvalue weighted by molar-refractivity contribution is 6.05. The molecule has 1 N–H and O–H groups in total. The maximum Gasteiger partial charge on any atom is 0.255 e. The second-order valence-corrected chi connectivity index (χ2v) is 7.56. The van der Waals surface area contributed by atoms with Gasteiger partial charge in [-0.2, -0.15) is 5.10 Å². The number of amides is 3. The van der Waals surface area contributed by atoms with Crippen LogP contribution in [0.5, 0.6) is 5.75 Å². The molecule has 0 radical (unpaired) electrons. The molecule has 3 aromatic rings. The molecular weight excluding hydrogens is 384 g/mol. The number of imide groups is 1. The highest BCUT2D eigenvalue weighted by Gasteiger charge is 2.40. The van der Waals surface area contributed by atoms with Crippen molar-refractivity contribution >= 4 is 28.6 Å². The molecule has 1 unspecified atom stereocenters. The van der Waals surface area contributed by atoms with Crippen LogP contribution in [0.1, 0.15) is 34.5 Å². The number of nitrogens with zero attached hydrogens (tertiary/aromatic N) is 3. The Morgan fingerprint density at radius 2 is 1.97 bits per heavy atom. The number of aromatic nitrogens is 2. The van der Waals surface area contributed by atoms with Crippen LogP contribution in [0.3, 0.4) is 0 Å². The molecule has 1 fully saturated rings. The van der Waals surface area contributed by atoms with Gasteiger partial charge in [-0.1, -0.05) is 24.3 Å². The van der Waals surface area contributed by atoms with Crippen molar-refractivity contribution in [1.29, 1.82) is 0 Å². The summed E-state index contributed by atoms with van der Waals surface area (Å²) >= 11 is 0. The predicted molar refractivity (Wildman–Crippen MR) is 108 cm³/mol. The SMILES string of the molecule is Cn1nc(COc2cccc3c2CN(C2CCC(=O)NC2=O)C3=O)c2ccccc21. The van der Waals surface area contributed by atoms with E-state index in [2.05, 4.69) is 10.4 Å². The van der Waals surface area contributed by atoms with Crippen molar-refractivity contribution in [3.05, 3.63) is 59.3 Å². The number of piperidine rings is 1. The molecule has 0 aliphatic carbocycles. The van der Waals surface area contributed by atoms with Crippen LogP contribution in [0, 0.1) is 0 Å². The number of carbonyl (C=O) groups excluding carboxylic acids is 3. The molecule has 1 saturated heterocycles. The average molecular weight is 404 g/mol. The van der Waals surface area contributed by atoms with Crippen molar-refractivity contribution in [3.8, 4) is 5.75 Å². The standard InChI is InChI=1S/C22H20N4O4/c1-25-17-7-3-2-5-14(17)16(24-25)12-30-19-8-4-6-13-15(19)11-26(22(13)29)18-9-10-20(27)23-21(18)28/h2-8,18H,9-12H2,1H3,(H,23,27,28). The fourth-order valence-corrected chi connectivity index (χ4v) is 4.23. The minimum atomic E-state index is -0.643. The molecule has 0 spiro atoms. The van der Waals surface area contributed by atoms with Gasteiger partial charge in [-0.3, -0.25) is 24.4 Å². The summed E-state index contributed by atoms with van der Waals surface area (Å²) in [4.78, 5) is 38.1. The Labute approximate surface area is 172 Å². The monoisotopic (exact) mass is 404 g/mol. The number of rotatable bonds is 4. The van der Waals surface area contributed by atoms with E-state index in [4.69, 9.17) is 4.74 Å². The molecule has 152 valence electrons. The van der Waals surface area contributed by atoms with Crippen molar-refractivity contribution in [1.82, 2.24) is 20.0 Å². The van der Waals surface area contributed by atoms with Crippen molar-refractivity contribution in [3.63, 3.8) is 0 Å². The lowest BCUT2D eigenvalue weighted by molar-refractivity contribution is -0.136. The van der Waals surface area contributed by atoms with Gasteiger partial charge >= 0.3 is 0 Å². The summed E-state index contributed by atoms with van der Waals surface area (Å²) in [5.74, 6) is -0.333. The quantitative estimate of drug-likeness (QED) is 0.671. The van der Waals surface area contributed by atoms with Crippen LogP contribution >= 0.6 is 0 Å². The Bertz CT molecular complexity index is 1200. The van der Waals surface area contributed by atoms with E-state index in [0.29, 0.717) is 17.7 Å². The first-order valence-corrected chi connectivity index (χ1v) is 9.83. The molecule has 2 aliphatic heterocycles. The van der Waals surface area contributed by atoms with Gasteiger partial charge in [0.05, 0.1) is 12.1 Å². The lowest BCUT2D eigenvalue weighted by Gasteiger charge is -2.29. The Morgan fingerprint density at radius 3 is 2.80 bits per heavy atom. The summed E-state index contributed by atoms with van der Waals surface area (Å²) in [6, 6.07) is 12.6. The number of aryl methyl sites for hydroxylation is 1. The molecule has 3 heterocycles. The summed E-state index contributed by atoms with van der Waals surface area (Å²) < 4.78 is 7.89. The fraction of sp³-hybridized carbons (Fsp3) is 0.273. The van der Waals surface area contributed by atoms with Gasteiger partial charge in [0.25, 0.3) is 5.91 Å². The van der Waals surface area contributed by atoms with E-state index in [1.54, 1.807) is 12.1 Å². The third kappa shape index (κ3) is 2.92. The molecular formula is C22H20N4O4. The van der Waals surface area contributed by atoms with E-state index in [1.165, 1.54) is 4.90 Å². The first-order chi connectivity index (χ1) is 14.5. The first-order valence-electron chi connectivity index (χ1n) is 9.83. The number of benzene rings is 2. The van der Waals surface area contributed by atoms with E-state index in [9.17, 15) is 14.4 Å². The van der Waals surface area contributed by atoms with E-state index in [0.717, 1.165) is 22.2 Å². The third-order valence-electron chi connectivity index (χ3n) is 5.74. The second kappa shape index (κ2) is 6.98. The number of fused-ring (bicyclic) bond motifs is 2. The number of para-hydroxylation sites is 1. The maximum atomic E-state index is 12.9. The molecule has 0 saturated carbocycles. The van der Waals surface area contributed by atoms with Gasteiger partial charge < -0.3 is 9.64 Å². The van der Waals surface area contributed by atoms with Crippen LogP contribution < -0.4 is 10.1 Å². The van der Waals surface area contributed by atoms with Gasteiger partial charge in [0, 0.05) is 30.0 Å². The van der Waals surface area contributed by atoms with Gasteiger partial charge in [-0.25, -0.2) is 0 Å². The minimum Gasteiger partial charge on any atom is -0.487 e. The molecule has 3 amide bonds. The van der Waals surface area contributed by atoms with E-state index < -0.39 is 11.9 Å². The maximum absolute atomic E-state index is 12.9. The molecule has 8 heteroatoms. The normalized spacial score (nSPS) is 18.6. The van der Waals surface area contributed by atoms with Crippen molar-refractivity contribution < 1.29 is 19.1 Å². The first kappa shape index (κ1) is 18.4. The lowest BCUT2D eigenvalue weighted by Crippen LogP contribution is -2.52. The summed E-state index contributed by atoms with van der Waals surface area (Å²) in [5.41, 5.74) is 3.13. The number of hydrogen-bond donors (Lipinski definition) is 1. The number of carbonyl (C=O) groups is 3. The molecule has 0 bridgehead atoms. The molecule has 8 nitrogen and oxygen atoms in total. The summed E-state index contributed by atoms with van der Waals surface area (Å²) in [6.07, 6.45) is 0.563. The smallest absolute Gasteiger partial charge is 0.255 e. The largest absolute Gasteiger partial charge is 0.487 e. The van der Waals surface area contributed by atoms with Crippen LogP contribution in [0.15, 0.2) is 42.5 Å². The fourth-order valence-electron chi connectivity index (χ4n) is 4.23. The topological polar surface area (TPSA) is 93.5 Å². The van der Waals surface area contributed by atoms with E-state index in [-0.39, 0.29) is 31.4 Å². The van der Waals surface area contributed by atoms with Crippen LogP contribution in [-0.4, -0.2) is 38.4 Å². The highest BCUT2D eigenvalue weighted by Crippen LogP contribution is 2.34. The lowest BCUT2D eigenvalue weighted by atomic mass is 10.0. The third-order valence-corrected chi connectivity index (χ3v) is 5.74. The molecule has 1 aromatic heterocycles. The molecule has 2 aromatic carbocycles. The van der Waals surface area contributed by atoms with E-state index >= 15 is 0 Å². The van der Waals surface area contributed by atoms with Crippen LogP contribution in [0.2, 0.25) is 0 Å². The Morgan fingerprint density at radius 1 is 1.13 bits per heavy atom. The van der Waals surface area contributed by atoms with Gasteiger partial charge in [-0.05, 0) is 24.6 Å². The predicted octanol–water partition coefficient (Wildman–Crippen LogP) is 1.91. The van der Waals surface area contributed by atoms with Crippen LogP contribution in [-0.2, 0) is 29.8 Å². The number of ether oxygens (including phenoxy) is 1. The Kier molecular flexibility index (Phi) is 4.27. The summed E-state index contributed by atoms with van der Waals surface area (Å²) in [7, 11) is 1.89. The van der Waals surface area contributed by atoms with Gasteiger partial charge in [0.2, 0.25) is 11.8 Å². The Hall–Kier alpha value is -3.68. The van der Waals surface area contributed by atoms with Gasteiger partial charge in [0.1, 0.15) is 24.1 Å². The summed E-state index contributed by atoms with van der Waals surface area (Å²) in [6.45, 7) is 0.546. The highest BCUT2D eigenvalue weighted by atomic mass is 16.5. The molecule has 30 heavy (non-hydrogen) atoms. The van der Waals surface area contributed by atoms with E-state index in [1.807, 2.05) is 42.1 Å². The number of nitrogens with one attached hydrogen (secondary N) is 1.